The number of methoxy groups -OCH3 is 1. The van der Waals surface area contributed by atoms with Gasteiger partial charge in [-0.1, -0.05) is 12.1 Å². The van der Waals surface area contributed by atoms with Gasteiger partial charge >= 0.3 is 0 Å². The molecule has 1 amide bonds. The van der Waals surface area contributed by atoms with Gasteiger partial charge in [0.05, 0.1) is 12.7 Å². The van der Waals surface area contributed by atoms with Crippen LogP contribution in [0.3, 0.4) is 0 Å². The van der Waals surface area contributed by atoms with Gasteiger partial charge in [0, 0.05) is 0 Å². The Morgan fingerprint density at radius 2 is 2.29 bits per heavy atom. The van der Waals surface area contributed by atoms with Crippen molar-refractivity contribution >= 4 is 5.91 Å². The Bertz CT molecular complexity index is 496. The Labute approximate surface area is 98.2 Å². The zero-order valence-electron chi connectivity index (χ0n) is 9.33. The van der Waals surface area contributed by atoms with Gasteiger partial charge in [0.1, 0.15) is 25.1 Å². The average molecular weight is 232 g/mol. The van der Waals surface area contributed by atoms with Crippen molar-refractivity contribution in [3.05, 3.63) is 42.5 Å². The number of hydrogen-bond donors (Lipinski definition) is 1. The highest BCUT2D eigenvalue weighted by Gasteiger charge is 2.10. The predicted molar refractivity (Wildman–Crippen MR) is 60.5 cm³/mol. The van der Waals surface area contributed by atoms with Gasteiger partial charge in [-0.3, -0.25) is 4.79 Å². The monoisotopic (exact) mass is 232 g/mol. The number of benzene rings is 1. The van der Waals surface area contributed by atoms with Crippen LogP contribution in [-0.4, -0.2) is 27.8 Å². The fourth-order valence-electron chi connectivity index (χ4n) is 1.39. The molecule has 1 aromatic heterocycles. The molecule has 0 aliphatic carbocycles. The van der Waals surface area contributed by atoms with Gasteiger partial charge in [0.15, 0.2) is 0 Å². The first-order valence-electron chi connectivity index (χ1n) is 5.05. The minimum atomic E-state index is -0.210. The van der Waals surface area contributed by atoms with E-state index in [1.54, 1.807) is 18.2 Å². The summed E-state index contributed by atoms with van der Waals surface area (Å²) in [6.07, 6.45) is 2.94. The molecule has 1 heterocycles. The Balaban J connectivity index is 2.04. The van der Waals surface area contributed by atoms with Crippen LogP contribution < -0.4 is 10.1 Å². The second-order valence-electron chi connectivity index (χ2n) is 3.30. The number of aromatic nitrogens is 3. The molecule has 0 radical (unpaired) electrons. The maximum absolute atomic E-state index is 11.9. The van der Waals surface area contributed by atoms with E-state index in [1.807, 2.05) is 6.07 Å². The molecule has 0 spiro atoms. The number of nitrogens with one attached hydrogen (secondary N) is 1. The van der Waals surface area contributed by atoms with Gasteiger partial charge in [0.2, 0.25) is 0 Å². The van der Waals surface area contributed by atoms with Crippen LogP contribution in [0.4, 0.5) is 0 Å². The molecule has 0 bridgehead atoms. The molecule has 0 aliphatic rings. The van der Waals surface area contributed by atoms with Crippen LogP contribution >= 0.6 is 0 Å². The molecule has 88 valence electrons. The van der Waals surface area contributed by atoms with Crippen molar-refractivity contribution in [1.29, 1.82) is 0 Å². The van der Waals surface area contributed by atoms with E-state index in [4.69, 9.17) is 4.74 Å². The van der Waals surface area contributed by atoms with Crippen LogP contribution in [0.5, 0.6) is 5.75 Å². The largest absolute Gasteiger partial charge is 0.496 e. The van der Waals surface area contributed by atoms with Crippen LogP contribution in [0, 0.1) is 0 Å². The lowest BCUT2D eigenvalue weighted by Gasteiger charge is -2.08. The number of ether oxygens (including phenoxy) is 1. The summed E-state index contributed by atoms with van der Waals surface area (Å²) in [6.45, 7) is 0.275. The van der Waals surface area contributed by atoms with E-state index in [0.717, 1.165) is 0 Å². The molecule has 6 nitrogen and oxygen atoms in total. The Morgan fingerprint density at radius 1 is 1.47 bits per heavy atom. The normalized spacial score (nSPS) is 9.94. The molecule has 2 aromatic rings. The van der Waals surface area contributed by atoms with Gasteiger partial charge in [0.25, 0.3) is 5.91 Å². The maximum Gasteiger partial charge on any atom is 0.256 e. The summed E-state index contributed by atoms with van der Waals surface area (Å²) in [7, 11) is 1.53. The summed E-state index contributed by atoms with van der Waals surface area (Å²) >= 11 is 0. The molecule has 0 fully saturated rings. The van der Waals surface area contributed by atoms with Crippen LogP contribution in [0.25, 0.3) is 0 Å². The summed E-state index contributed by atoms with van der Waals surface area (Å²) in [4.78, 5) is 15.6. The first-order valence-corrected chi connectivity index (χ1v) is 5.05. The number of hydrogen-bond acceptors (Lipinski definition) is 4. The fourth-order valence-corrected chi connectivity index (χ4v) is 1.39. The Hall–Kier alpha value is -2.37. The van der Waals surface area contributed by atoms with E-state index in [1.165, 1.54) is 24.4 Å². The smallest absolute Gasteiger partial charge is 0.256 e. The average Bonchev–Trinajstić information content (AvgIpc) is 2.89. The maximum atomic E-state index is 11.9. The molecule has 1 aromatic carbocycles. The SMILES string of the molecule is COc1ccccc1C(=O)NCn1cncn1. The van der Waals surface area contributed by atoms with Crippen molar-refractivity contribution in [2.45, 2.75) is 6.67 Å². The minimum absolute atomic E-state index is 0.210. The lowest BCUT2D eigenvalue weighted by molar-refractivity contribution is 0.0937. The molecule has 6 heteroatoms. The molecular weight excluding hydrogens is 220 g/mol. The zero-order chi connectivity index (χ0) is 12.1. The standard InChI is InChI=1S/C11H12N4O2/c1-17-10-5-3-2-4-9(10)11(16)13-8-15-7-12-6-14-15/h2-7H,8H2,1H3,(H,13,16). The summed E-state index contributed by atoms with van der Waals surface area (Å²) in [6, 6.07) is 7.04. The van der Waals surface area contributed by atoms with Crippen LogP contribution in [0.2, 0.25) is 0 Å². The number of nitrogens with zero attached hydrogens (tertiary/aromatic N) is 3. The molecule has 0 aliphatic heterocycles. The number of carbonyl (C=O) groups is 1. The summed E-state index contributed by atoms with van der Waals surface area (Å²) < 4.78 is 6.63. The van der Waals surface area contributed by atoms with Crippen molar-refractivity contribution in [3.63, 3.8) is 0 Å². The molecular formula is C11H12N4O2. The third kappa shape index (κ3) is 2.60. The lowest BCUT2D eigenvalue weighted by Crippen LogP contribution is -2.26. The molecule has 0 saturated carbocycles. The van der Waals surface area contributed by atoms with Crippen molar-refractivity contribution in [2.24, 2.45) is 0 Å². The second-order valence-corrected chi connectivity index (χ2v) is 3.30. The number of carbonyl (C=O) groups excluding carboxylic acids is 1. The third-order valence-electron chi connectivity index (χ3n) is 2.22. The first-order chi connectivity index (χ1) is 8.31. The van der Waals surface area contributed by atoms with Crippen LogP contribution in [0.1, 0.15) is 10.4 Å². The van der Waals surface area contributed by atoms with Crippen molar-refractivity contribution in [1.82, 2.24) is 20.1 Å². The zero-order valence-corrected chi connectivity index (χ0v) is 9.33. The second kappa shape index (κ2) is 5.11. The minimum Gasteiger partial charge on any atom is -0.496 e. The summed E-state index contributed by atoms with van der Waals surface area (Å²) in [5.74, 6) is 0.335. The summed E-state index contributed by atoms with van der Waals surface area (Å²) in [5.41, 5.74) is 0.495. The van der Waals surface area contributed by atoms with Gasteiger partial charge in [-0.25, -0.2) is 9.67 Å². The fraction of sp³-hybridized carbons (Fsp3) is 0.182. The molecule has 2 rings (SSSR count). The molecule has 1 N–H and O–H groups in total. The topological polar surface area (TPSA) is 69.0 Å². The van der Waals surface area contributed by atoms with Crippen molar-refractivity contribution in [3.8, 4) is 5.75 Å². The predicted octanol–water partition coefficient (Wildman–Crippen LogP) is 0.674. The van der Waals surface area contributed by atoms with Crippen molar-refractivity contribution < 1.29 is 9.53 Å². The van der Waals surface area contributed by atoms with Gasteiger partial charge in [-0.05, 0) is 12.1 Å². The van der Waals surface area contributed by atoms with Crippen LogP contribution in [-0.2, 0) is 6.67 Å². The van der Waals surface area contributed by atoms with Gasteiger partial charge in [-0.15, -0.1) is 0 Å². The highest BCUT2D eigenvalue weighted by Crippen LogP contribution is 2.16. The molecule has 0 atom stereocenters. The number of para-hydroxylation sites is 1. The highest BCUT2D eigenvalue weighted by molar-refractivity contribution is 5.96. The van der Waals surface area contributed by atoms with E-state index in [-0.39, 0.29) is 12.6 Å². The molecule has 17 heavy (non-hydrogen) atoms. The number of rotatable bonds is 4. The summed E-state index contributed by atoms with van der Waals surface area (Å²) in [5, 5.41) is 6.60. The van der Waals surface area contributed by atoms with Gasteiger partial charge < -0.3 is 10.1 Å². The Morgan fingerprint density at radius 3 is 3.00 bits per heavy atom. The van der Waals surface area contributed by atoms with E-state index in [9.17, 15) is 4.79 Å². The van der Waals surface area contributed by atoms with E-state index < -0.39 is 0 Å². The quantitative estimate of drug-likeness (QED) is 0.841. The first kappa shape index (κ1) is 11.1. The van der Waals surface area contributed by atoms with Crippen molar-refractivity contribution in [2.75, 3.05) is 7.11 Å². The highest BCUT2D eigenvalue weighted by atomic mass is 16.5. The van der Waals surface area contributed by atoms with E-state index >= 15 is 0 Å². The Kier molecular flexibility index (Phi) is 3.34. The number of amides is 1. The van der Waals surface area contributed by atoms with Gasteiger partial charge in [-0.2, -0.15) is 5.10 Å². The molecule has 0 unspecified atom stereocenters. The van der Waals surface area contributed by atoms with E-state index in [0.29, 0.717) is 11.3 Å². The van der Waals surface area contributed by atoms with E-state index in [2.05, 4.69) is 15.4 Å². The lowest BCUT2D eigenvalue weighted by atomic mass is 10.2. The third-order valence-corrected chi connectivity index (χ3v) is 2.22. The molecule has 0 saturated heterocycles. The van der Waals surface area contributed by atoms with Crippen LogP contribution in [0.15, 0.2) is 36.9 Å².